The van der Waals surface area contributed by atoms with Crippen LogP contribution in [0, 0.1) is 0 Å². The molecule has 1 saturated heterocycles. The van der Waals surface area contributed by atoms with Crippen LogP contribution >= 0.6 is 11.8 Å². The van der Waals surface area contributed by atoms with Gasteiger partial charge in [-0.25, -0.2) is 4.79 Å². The first-order chi connectivity index (χ1) is 10.6. The van der Waals surface area contributed by atoms with E-state index in [1.165, 1.54) is 30.5 Å². The maximum atomic E-state index is 12.0. The van der Waals surface area contributed by atoms with Gasteiger partial charge in [0.15, 0.2) is 0 Å². The summed E-state index contributed by atoms with van der Waals surface area (Å²) in [6.07, 6.45) is 0. The summed E-state index contributed by atoms with van der Waals surface area (Å²) < 4.78 is -0.599. The van der Waals surface area contributed by atoms with Crippen LogP contribution in [0.5, 0.6) is 0 Å². The van der Waals surface area contributed by atoms with Gasteiger partial charge in [0.05, 0.1) is 0 Å². The molecule has 1 aromatic rings. The molecule has 0 aliphatic carbocycles. The zero-order valence-electron chi connectivity index (χ0n) is 13.5. The van der Waals surface area contributed by atoms with Crippen LogP contribution in [0.4, 0.5) is 5.69 Å². The SMILES string of the molecule is CC(=O)Nc1ccc([C@H]2SC(C)(C)[C@H](C(=O)O)N2C(C)=O)cc1. The number of anilines is 1. The number of hydrogen-bond acceptors (Lipinski definition) is 4. The Morgan fingerprint density at radius 2 is 1.74 bits per heavy atom. The summed E-state index contributed by atoms with van der Waals surface area (Å²) in [5, 5.41) is 11.8. The molecule has 1 aliphatic heterocycles. The molecule has 6 nitrogen and oxygen atoms in total. The number of carboxylic acid groups (broad SMARTS) is 1. The van der Waals surface area contributed by atoms with Crippen LogP contribution in [0.3, 0.4) is 0 Å². The molecule has 0 bridgehead atoms. The average molecular weight is 336 g/mol. The predicted octanol–water partition coefficient (Wildman–Crippen LogP) is 2.47. The Kier molecular flexibility index (Phi) is 4.70. The number of thioether (sulfide) groups is 1. The third kappa shape index (κ3) is 3.50. The molecule has 23 heavy (non-hydrogen) atoms. The highest BCUT2D eigenvalue weighted by atomic mass is 32.2. The molecule has 1 heterocycles. The van der Waals surface area contributed by atoms with E-state index in [-0.39, 0.29) is 17.2 Å². The lowest BCUT2D eigenvalue weighted by Crippen LogP contribution is -2.48. The largest absolute Gasteiger partial charge is 0.480 e. The van der Waals surface area contributed by atoms with Crippen molar-refractivity contribution >= 4 is 35.2 Å². The number of rotatable bonds is 3. The molecule has 1 aliphatic rings. The topological polar surface area (TPSA) is 86.7 Å². The quantitative estimate of drug-likeness (QED) is 0.885. The molecule has 1 aromatic carbocycles. The number of nitrogens with one attached hydrogen (secondary N) is 1. The molecular weight excluding hydrogens is 316 g/mol. The van der Waals surface area contributed by atoms with E-state index < -0.39 is 16.8 Å². The maximum Gasteiger partial charge on any atom is 0.327 e. The fourth-order valence-corrected chi connectivity index (χ4v) is 4.40. The van der Waals surface area contributed by atoms with E-state index >= 15 is 0 Å². The zero-order valence-corrected chi connectivity index (χ0v) is 14.3. The van der Waals surface area contributed by atoms with Crippen molar-refractivity contribution in [1.82, 2.24) is 4.90 Å². The second kappa shape index (κ2) is 6.23. The van der Waals surface area contributed by atoms with Crippen molar-refractivity contribution in [2.45, 2.75) is 43.9 Å². The van der Waals surface area contributed by atoms with Gasteiger partial charge in [0.25, 0.3) is 0 Å². The van der Waals surface area contributed by atoms with Crippen molar-refractivity contribution in [2.75, 3.05) is 5.32 Å². The maximum absolute atomic E-state index is 12.0. The molecule has 0 aromatic heterocycles. The van der Waals surface area contributed by atoms with Gasteiger partial charge < -0.3 is 15.3 Å². The van der Waals surface area contributed by atoms with Crippen LogP contribution in [0.2, 0.25) is 0 Å². The molecule has 124 valence electrons. The van der Waals surface area contributed by atoms with Gasteiger partial charge in [-0.15, -0.1) is 11.8 Å². The molecule has 1 fully saturated rings. The number of carboxylic acids is 1. The summed E-state index contributed by atoms with van der Waals surface area (Å²) >= 11 is 1.45. The van der Waals surface area contributed by atoms with Crippen molar-refractivity contribution in [3.63, 3.8) is 0 Å². The number of nitrogens with zero attached hydrogens (tertiary/aromatic N) is 1. The third-order valence-electron chi connectivity index (χ3n) is 3.72. The van der Waals surface area contributed by atoms with Gasteiger partial charge in [-0.1, -0.05) is 12.1 Å². The van der Waals surface area contributed by atoms with E-state index in [0.29, 0.717) is 5.69 Å². The zero-order chi connectivity index (χ0) is 17.4. The normalized spacial score (nSPS) is 22.7. The molecule has 0 spiro atoms. The van der Waals surface area contributed by atoms with Gasteiger partial charge in [-0.2, -0.15) is 0 Å². The van der Waals surface area contributed by atoms with Gasteiger partial charge in [-0.05, 0) is 31.5 Å². The molecule has 0 saturated carbocycles. The molecule has 0 radical (unpaired) electrons. The summed E-state index contributed by atoms with van der Waals surface area (Å²) in [6, 6.07) is 6.22. The van der Waals surface area contributed by atoms with Crippen LogP contribution in [-0.4, -0.2) is 38.6 Å². The summed E-state index contributed by atoms with van der Waals surface area (Å²) in [5.74, 6) is -1.44. The summed E-state index contributed by atoms with van der Waals surface area (Å²) in [7, 11) is 0. The van der Waals surface area contributed by atoms with E-state index in [2.05, 4.69) is 5.32 Å². The highest BCUT2D eigenvalue weighted by Crippen LogP contribution is 2.52. The fraction of sp³-hybridized carbons (Fsp3) is 0.438. The number of carbonyl (C=O) groups is 3. The molecule has 2 rings (SSSR count). The van der Waals surface area contributed by atoms with Crippen molar-refractivity contribution < 1.29 is 19.5 Å². The highest BCUT2D eigenvalue weighted by Gasteiger charge is 2.52. The highest BCUT2D eigenvalue weighted by molar-refractivity contribution is 8.01. The summed E-state index contributed by atoms with van der Waals surface area (Å²) in [5.41, 5.74) is 1.49. The van der Waals surface area contributed by atoms with Crippen molar-refractivity contribution in [3.05, 3.63) is 29.8 Å². The van der Waals surface area contributed by atoms with Crippen molar-refractivity contribution in [2.24, 2.45) is 0 Å². The minimum absolute atomic E-state index is 0.162. The number of aliphatic carboxylic acids is 1. The fourth-order valence-electron chi connectivity index (χ4n) is 2.81. The lowest BCUT2D eigenvalue weighted by atomic mass is 10.0. The van der Waals surface area contributed by atoms with Crippen LogP contribution in [0.1, 0.15) is 38.6 Å². The molecule has 2 atom stereocenters. The minimum Gasteiger partial charge on any atom is -0.480 e. The Morgan fingerprint density at radius 3 is 2.17 bits per heavy atom. The monoisotopic (exact) mass is 336 g/mol. The van der Waals surface area contributed by atoms with E-state index in [9.17, 15) is 19.5 Å². The Morgan fingerprint density at radius 1 is 1.17 bits per heavy atom. The Labute approximate surface area is 139 Å². The van der Waals surface area contributed by atoms with Crippen molar-refractivity contribution in [1.29, 1.82) is 0 Å². The molecule has 2 amide bonds. The number of carbonyl (C=O) groups excluding carboxylic acids is 2. The van der Waals surface area contributed by atoms with E-state index in [0.717, 1.165) is 5.56 Å². The average Bonchev–Trinajstić information content (AvgIpc) is 2.70. The molecular formula is C16H20N2O4S. The van der Waals surface area contributed by atoms with Crippen LogP contribution in [0.25, 0.3) is 0 Å². The van der Waals surface area contributed by atoms with Gasteiger partial charge in [0.2, 0.25) is 11.8 Å². The van der Waals surface area contributed by atoms with E-state index in [4.69, 9.17) is 0 Å². The standard InChI is InChI=1S/C16H20N2O4S/c1-9(19)17-12-7-5-11(6-8-12)14-18(10(2)20)13(15(21)22)16(3,4)23-14/h5-8,13-14H,1-4H3,(H,17,19)(H,21,22)/t13-,14+/m0/s1. The smallest absolute Gasteiger partial charge is 0.327 e. The van der Waals surface area contributed by atoms with Crippen molar-refractivity contribution in [3.8, 4) is 0 Å². The minimum atomic E-state index is -1.00. The second-order valence-corrected chi connectivity index (χ2v) is 7.78. The third-order valence-corrected chi connectivity index (χ3v) is 5.27. The Hall–Kier alpha value is -2.02. The predicted molar refractivity (Wildman–Crippen MR) is 89.1 cm³/mol. The van der Waals surface area contributed by atoms with Gasteiger partial charge in [0, 0.05) is 24.3 Å². The van der Waals surface area contributed by atoms with Crippen LogP contribution in [0.15, 0.2) is 24.3 Å². The number of amides is 2. The summed E-state index contributed by atoms with van der Waals surface area (Å²) in [6.45, 7) is 6.48. The first kappa shape index (κ1) is 17.3. The first-order valence-corrected chi connectivity index (χ1v) is 8.08. The van der Waals surface area contributed by atoms with E-state index in [1.54, 1.807) is 24.3 Å². The molecule has 0 unspecified atom stereocenters. The van der Waals surface area contributed by atoms with Crippen LogP contribution in [-0.2, 0) is 14.4 Å². The lowest BCUT2D eigenvalue weighted by Gasteiger charge is -2.28. The number of benzene rings is 1. The molecule has 7 heteroatoms. The molecule has 2 N–H and O–H groups in total. The summed E-state index contributed by atoms with van der Waals surface area (Å²) in [4.78, 5) is 36.1. The second-order valence-electron chi connectivity index (χ2n) is 6.04. The Bertz CT molecular complexity index is 642. The lowest BCUT2D eigenvalue weighted by molar-refractivity contribution is -0.150. The van der Waals surface area contributed by atoms with Gasteiger partial charge in [-0.3, -0.25) is 9.59 Å². The van der Waals surface area contributed by atoms with E-state index in [1.807, 2.05) is 13.8 Å². The van der Waals surface area contributed by atoms with Crippen LogP contribution < -0.4 is 5.32 Å². The van der Waals surface area contributed by atoms with Gasteiger partial charge in [0.1, 0.15) is 11.4 Å². The first-order valence-electron chi connectivity index (χ1n) is 7.20. The number of hydrogen-bond donors (Lipinski definition) is 2. The van der Waals surface area contributed by atoms with Gasteiger partial charge >= 0.3 is 5.97 Å². The Balaban J connectivity index is 2.35.